The number of hydrogen-bond donors (Lipinski definition) is 1. The minimum absolute atomic E-state index is 0.00826. The Bertz CT molecular complexity index is 1140. The van der Waals surface area contributed by atoms with Crippen molar-refractivity contribution in [2.75, 3.05) is 13.1 Å². The maximum absolute atomic E-state index is 13.9. The van der Waals surface area contributed by atoms with Crippen molar-refractivity contribution < 1.29 is 14.4 Å². The highest BCUT2D eigenvalue weighted by Crippen LogP contribution is 2.33. The smallest absolute Gasteiger partial charge is 0.240 e. The van der Waals surface area contributed by atoms with Gasteiger partial charge < -0.3 is 10.6 Å². The molecule has 8 heteroatoms. The Morgan fingerprint density at radius 3 is 2.50 bits per heavy atom. The van der Waals surface area contributed by atoms with Crippen LogP contribution < -0.4 is 5.73 Å². The van der Waals surface area contributed by atoms with Crippen LogP contribution in [0.25, 0.3) is 0 Å². The Morgan fingerprint density at radius 2 is 1.79 bits per heavy atom. The van der Waals surface area contributed by atoms with E-state index < -0.39 is 11.9 Å². The first-order chi connectivity index (χ1) is 18.2. The fourth-order valence-electron chi connectivity index (χ4n) is 5.98. The van der Waals surface area contributed by atoms with Gasteiger partial charge in [0.15, 0.2) is 5.78 Å². The third-order valence-electron chi connectivity index (χ3n) is 7.95. The maximum Gasteiger partial charge on any atom is 0.240 e. The number of nitrogens with two attached hydrogens (primary N) is 1. The number of fused-ring (bicyclic) bond motifs is 1. The molecule has 2 amide bonds. The van der Waals surface area contributed by atoms with E-state index in [1.165, 1.54) is 5.56 Å². The van der Waals surface area contributed by atoms with Crippen LogP contribution >= 0.6 is 23.2 Å². The second kappa shape index (κ2) is 13.1. The third-order valence-corrected chi connectivity index (χ3v) is 8.69. The maximum atomic E-state index is 13.9. The van der Waals surface area contributed by atoms with E-state index in [2.05, 4.69) is 36.1 Å². The van der Waals surface area contributed by atoms with Crippen molar-refractivity contribution >= 4 is 40.8 Å². The number of ketones is 1. The van der Waals surface area contributed by atoms with Gasteiger partial charge in [0.2, 0.25) is 11.8 Å². The Balaban J connectivity index is 1.51. The van der Waals surface area contributed by atoms with Crippen molar-refractivity contribution in [2.24, 2.45) is 11.7 Å². The number of halogens is 2. The third kappa shape index (κ3) is 7.16. The number of primary amides is 1. The van der Waals surface area contributed by atoms with Gasteiger partial charge in [-0.2, -0.15) is 0 Å². The molecule has 38 heavy (non-hydrogen) atoms. The molecule has 0 aromatic heterocycles. The van der Waals surface area contributed by atoms with Gasteiger partial charge in [0.1, 0.15) is 0 Å². The van der Waals surface area contributed by atoms with Gasteiger partial charge in [-0.15, -0.1) is 0 Å². The molecule has 2 N–H and O–H groups in total. The van der Waals surface area contributed by atoms with E-state index in [0.29, 0.717) is 28.9 Å². The number of nitrogens with zero attached hydrogens (tertiary/aromatic N) is 2. The van der Waals surface area contributed by atoms with Crippen molar-refractivity contribution in [1.29, 1.82) is 0 Å². The molecule has 0 bridgehead atoms. The summed E-state index contributed by atoms with van der Waals surface area (Å²) in [5.41, 5.74) is 7.66. The number of amides is 2. The Morgan fingerprint density at radius 1 is 1.03 bits per heavy atom. The summed E-state index contributed by atoms with van der Waals surface area (Å²) in [5.74, 6) is -0.0936. The van der Waals surface area contributed by atoms with Crippen molar-refractivity contribution in [1.82, 2.24) is 9.80 Å². The first kappa shape index (κ1) is 28.6. The first-order valence-corrected chi connectivity index (χ1v) is 14.3. The molecule has 2 heterocycles. The second-order valence-electron chi connectivity index (χ2n) is 10.8. The van der Waals surface area contributed by atoms with E-state index in [9.17, 15) is 14.4 Å². The van der Waals surface area contributed by atoms with Gasteiger partial charge in [0, 0.05) is 32.0 Å². The number of carbonyl (C=O) groups is 3. The largest absolute Gasteiger partial charge is 0.370 e. The van der Waals surface area contributed by atoms with E-state index in [1.807, 2.05) is 12.1 Å². The molecule has 0 spiro atoms. The van der Waals surface area contributed by atoms with Gasteiger partial charge in [-0.1, -0.05) is 66.5 Å². The van der Waals surface area contributed by atoms with Crippen LogP contribution in [0.5, 0.6) is 0 Å². The van der Waals surface area contributed by atoms with E-state index in [0.717, 1.165) is 37.8 Å². The van der Waals surface area contributed by atoms with Crippen LogP contribution in [0.3, 0.4) is 0 Å². The van der Waals surface area contributed by atoms with Crippen LogP contribution in [0.2, 0.25) is 10.0 Å². The molecule has 2 aromatic carbocycles. The molecule has 2 aliphatic rings. The minimum atomic E-state index is -0.664. The Hall–Kier alpha value is -2.41. The van der Waals surface area contributed by atoms with E-state index >= 15 is 0 Å². The minimum Gasteiger partial charge on any atom is -0.370 e. The molecule has 2 aliphatic heterocycles. The molecular weight excluding hydrogens is 521 g/mol. The SMILES string of the molecule is C[C@@H]1C[C@H]2C(=O)N([C@H](CCC(N)=O)C(=O)CCc3ccc(Cl)c(Cl)c3)CCC(CCc3ccccc3)N2C1. The van der Waals surface area contributed by atoms with Gasteiger partial charge >= 0.3 is 0 Å². The number of rotatable bonds is 11. The zero-order valence-electron chi connectivity index (χ0n) is 22.0. The molecule has 4 rings (SSSR count). The lowest BCUT2D eigenvalue weighted by atomic mass is 9.97. The highest BCUT2D eigenvalue weighted by atomic mass is 35.5. The van der Waals surface area contributed by atoms with Crippen LogP contribution in [0.1, 0.15) is 56.6 Å². The molecular formula is C30H37Cl2N3O3. The van der Waals surface area contributed by atoms with Gasteiger partial charge in [-0.3, -0.25) is 19.3 Å². The van der Waals surface area contributed by atoms with Crippen LogP contribution in [0, 0.1) is 5.92 Å². The summed E-state index contributed by atoms with van der Waals surface area (Å²) in [6.45, 7) is 3.58. The fraction of sp³-hybridized carbons (Fsp3) is 0.500. The summed E-state index contributed by atoms with van der Waals surface area (Å²) in [6.07, 6.45) is 4.54. The molecule has 2 fully saturated rings. The van der Waals surface area contributed by atoms with Crippen molar-refractivity contribution in [2.45, 2.75) is 76.4 Å². The highest BCUT2D eigenvalue weighted by molar-refractivity contribution is 6.42. The average Bonchev–Trinajstić information content (AvgIpc) is 3.24. The molecule has 6 nitrogen and oxygen atoms in total. The topological polar surface area (TPSA) is 83.7 Å². The van der Waals surface area contributed by atoms with Crippen molar-refractivity contribution in [3.63, 3.8) is 0 Å². The molecule has 0 radical (unpaired) electrons. The number of benzene rings is 2. The first-order valence-electron chi connectivity index (χ1n) is 13.6. The lowest BCUT2D eigenvalue weighted by Gasteiger charge is -2.32. The summed E-state index contributed by atoms with van der Waals surface area (Å²) in [5, 5.41) is 0.912. The summed E-state index contributed by atoms with van der Waals surface area (Å²) in [7, 11) is 0. The van der Waals surface area contributed by atoms with Crippen LogP contribution in [-0.4, -0.2) is 58.6 Å². The Kier molecular flexibility index (Phi) is 9.85. The van der Waals surface area contributed by atoms with Gasteiger partial charge in [0.05, 0.1) is 22.1 Å². The second-order valence-corrected chi connectivity index (χ2v) is 11.6. The van der Waals surface area contributed by atoms with Crippen molar-refractivity contribution in [3.05, 3.63) is 69.7 Å². The number of Topliss-reactive ketones (excluding diaryl/α,β-unsaturated/α-hetero) is 1. The standard InChI is InChI=1S/C30H37Cl2N3O3/c1-20-17-27-30(38)34(16-15-23(35(27)19-20)10-7-21-5-3-2-4-6-21)26(12-14-29(33)37)28(36)13-9-22-8-11-24(31)25(32)18-22/h2-6,8,11,18,20,23,26-27H,7,9-10,12-17,19H2,1H3,(H2,33,37)/t20-,23?,26-,27+/m1/s1. The quantitative estimate of drug-likeness (QED) is 0.417. The van der Waals surface area contributed by atoms with Crippen LogP contribution in [0.4, 0.5) is 0 Å². The molecule has 204 valence electrons. The number of aryl methyl sites for hydroxylation is 2. The zero-order valence-corrected chi connectivity index (χ0v) is 23.5. The fourth-order valence-corrected chi connectivity index (χ4v) is 6.30. The average molecular weight is 559 g/mol. The highest BCUT2D eigenvalue weighted by Gasteiger charge is 2.45. The summed E-state index contributed by atoms with van der Waals surface area (Å²) >= 11 is 12.2. The number of hydrogen-bond acceptors (Lipinski definition) is 4. The predicted octanol–water partition coefficient (Wildman–Crippen LogP) is 5.07. The lowest BCUT2D eigenvalue weighted by Crippen LogP contribution is -2.51. The van der Waals surface area contributed by atoms with Gasteiger partial charge in [-0.05, 0) is 67.7 Å². The van der Waals surface area contributed by atoms with E-state index in [-0.39, 0.29) is 43.0 Å². The molecule has 2 aromatic rings. The van der Waals surface area contributed by atoms with Crippen molar-refractivity contribution in [3.8, 4) is 0 Å². The molecule has 1 unspecified atom stereocenters. The van der Waals surface area contributed by atoms with Crippen LogP contribution in [0.15, 0.2) is 48.5 Å². The van der Waals surface area contributed by atoms with Crippen LogP contribution in [-0.2, 0) is 27.2 Å². The van der Waals surface area contributed by atoms with E-state index in [4.69, 9.17) is 28.9 Å². The zero-order chi connectivity index (χ0) is 27.2. The normalized spacial score (nSPS) is 22.7. The molecule has 4 atom stereocenters. The lowest BCUT2D eigenvalue weighted by molar-refractivity contribution is -0.142. The summed E-state index contributed by atoms with van der Waals surface area (Å²) in [6, 6.07) is 15.1. The Labute approximate surface area is 235 Å². The molecule has 0 aliphatic carbocycles. The predicted molar refractivity (Wildman–Crippen MR) is 151 cm³/mol. The summed E-state index contributed by atoms with van der Waals surface area (Å²) in [4.78, 5) is 43.3. The molecule has 2 saturated heterocycles. The molecule has 0 saturated carbocycles. The number of carbonyl (C=O) groups excluding carboxylic acids is 3. The summed E-state index contributed by atoms with van der Waals surface area (Å²) < 4.78 is 0. The van der Waals surface area contributed by atoms with Gasteiger partial charge in [-0.25, -0.2) is 0 Å². The van der Waals surface area contributed by atoms with Gasteiger partial charge in [0.25, 0.3) is 0 Å². The monoisotopic (exact) mass is 557 g/mol. The van der Waals surface area contributed by atoms with E-state index in [1.54, 1.807) is 17.0 Å².